The summed E-state index contributed by atoms with van der Waals surface area (Å²) in [5, 5.41) is 0. The molecule has 0 aromatic heterocycles. The summed E-state index contributed by atoms with van der Waals surface area (Å²) < 4.78 is 10.8. The lowest BCUT2D eigenvalue weighted by atomic mass is 9.79. The van der Waals surface area contributed by atoms with Crippen LogP contribution in [0, 0.1) is 5.92 Å². The first kappa shape index (κ1) is 10.0. The van der Waals surface area contributed by atoms with Crippen LogP contribution in [-0.2, 0) is 0 Å². The predicted molar refractivity (Wildman–Crippen MR) is 62.9 cm³/mol. The van der Waals surface area contributed by atoms with Gasteiger partial charge in [0.1, 0.15) is 0 Å². The van der Waals surface area contributed by atoms with Gasteiger partial charge in [0, 0.05) is 0 Å². The van der Waals surface area contributed by atoms with E-state index in [1.165, 1.54) is 31.2 Å². The van der Waals surface area contributed by atoms with Crippen LogP contribution < -0.4 is 9.47 Å². The van der Waals surface area contributed by atoms with Crippen molar-refractivity contribution < 1.29 is 9.47 Å². The first-order valence-electron chi connectivity index (χ1n) is 6.22. The summed E-state index contributed by atoms with van der Waals surface area (Å²) in [4.78, 5) is 0. The van der Waals surface area contributed by atoms with E-state index in [9.17, 15) is 0 Å². The minimum absolute atomic E-state index is 0.375. The molecule has 1 aliphatic carbocycles. The molecule has 1 heterocycles. The number of hydrogen-bond donors (Lipinski definition) is 0. The normalized spacial score (nSPS) is 28.1. The van der Waals surface area contributed by atoms with Gasteiger partial charge in [0.25, 0.3) is 0 Å². The van der Waals surface area contributed by atoms with Gasteiger partial charge in [-0.25, -0.2) is 0 Å². The van der Waals surface area contributed by atoms with Gasteiger partial charge in [-0.05, 0) is 42.4 Å². The van der Waals surface area contributed by atoms with Crippen molar-refractivity contribution in [3.63, 3.8) is 0 Å². The maximum atomic E-state index is 5.43. The number of benzene rings is 1. The van der Waals surface area contributed by atoms with E-state index >= 15 is 0 Å². The summed E-state index contributed by atoms with van der Waals surface area (Å²) in [6.45, 7) is 2.73. The van der Waals surface area contributed by atoms with Gasteiger partial charge in [0.15, 0.2) is 11.5 Å². The molecule has 0 amide bonds. The molecule has 0 saturated heterocycles. The minimum Gasteiger partial charge on any atom is -0.454 e. The van der Waals surface area contributed by atoms with E-state index in [2.05, 4.69) is 25.1 Å². The summed E-state index contributed by atoms with van der Waals surface area (Å²) in [6, 6.07) is 6.42. The fourth-order valence-corrected chi connectivity index (χ4v) is 2.76. The average molecular weight is 218 g/mol. The highest BCUT2D eigenvalue weighted by Gasteiger charge is 2.22. The van der Waals surface area contributed by atoms with Crippen LogP contribution in [0.4, 0.5) is 0 Å². The van der Waals surface area contributed by atoms with Crippen molar-refractivity contribution in [3.8, 4) is 11.5 Å². The second kappa shape index (κ2) is 4.00. The molecule has 0 unspecified atom stereocenters. The third-order valence-electron chi connectivity index (χ3n) is 3.88. The molecule has 86 valence electrons. The zero-order chi connectivity index (χ0) is 11.0. The molecule has 1 fully saturated rings. The Morgan fingerprint density at radius 2 is 1.75 bits per heavy atom. The van der Waals surface area contributed by atoms with Gasteiger partial charge in [-0.3, -0.25) is 0 Å². The maximum absolute atomic E-state index is 5.43. The number of ether oxygens (including phenoxy) is 2. The van der Waals surface area contributed by atoms with E-state index in [1.807, 2.05) is 0 Å². The van der Waals surface area contributed by atoms with Gasteiger partial charge >= 0.3 is 0 Å². The second-order valence-corrected chi connectivity index (χ2v) is 5.07. The van der Waals surface area contributed by atoms with E-state index in [0.29, 0.717) is 6.79 Å². The Labute approximate surface area is 96.6 Å². The van der Waals surface area contributed by atoms with E-state index in [1.54, 1.807) is 0 Å². The SMILES string of the molecule is CC1CCC(c2ccc3c(c2)OCO3)CC1. The predicted octanol–water partition coefficient (Wildman–Crippen LogP) is 3.71. The summed E-state index contributed by atoms with van der Waals surface area (Å²) >= 11 is 0. The molecule has 0 bridgehead atoms. The van der Waals surface area contributed by atoms with Crippen LogP contribution in [0.1, 0.15) is 44.1 Å². The fraction of sp³-hybridized carbons (Fsp3) is 0.571. The molecule has 0 N–H and O–H groups in total. The summed E-state index contributed by atoms with van der Waals surface area (Å²) in [7, 11) is 0. The van der Waals surface area contributed by atoms with Gasteiger partial charge in [-0.15, -0.1) is 0 Å². The molecule has 1 aromatic rings. The van der Waals surface area contributed by atoms with Crippen molar-refractivity contribution in [1.29, 1.82) is 0 Å². The number of rotatable bonds is 1. The lowest BCUT2D eigenvalue weighted by molar-refractivity contribution is 0.174. The Hall–Kier alpha value is -1.18. The minimum atomic E-state index is 0.375. The molecule has 1 saturated carbocycles. The van der Waals surface area contributed by atoms with Crippen molar-refractivity contribution in [1.82, 2.24) is 0 Å². The highest BCUT2D eigenvalue weighted by Crippen LogP contribution is 2.40. The quantitative estimate of drug-likeness (QED) is 0.715. The van der Waals surface area contributed by atoms with Crippen molar-refractivity contribution in [2.45, 2.75) is 38.5 Å². The Kier molecular flexibility index (Phi) is 2.50. The van der Waals surface area contributed by atoms with Gasteiger partial charge < -0.3 is 9.47 Å². The molecule has 3 rings (SSSR count). The molecule has 16 heavy (non-hydrogen) atoms. The molecule has 1 aromatic carbocycles. The van der Waals surface area contributed by atoms with Crippen molar-refractivity contribution in [2.24, 2.45) is 5.92 Å². The van der Waals surface area contributed by atoms with Crippen LogP contribution in [-0.4, -0.2) is 6.79 Å². The average Bonchev–Trinajstić information content (AvgIpc) is 2.77. The van der Waals surface area contributed by atoms with E-state index in [4.69, 9.17) is 9.47 Å². The summed E-state index contributed by atoms with van der Waals surface area (Å²) in [5.41, 5.74) is 1.43. The largest absolute Gasteiger partial charge is 0.454 e. The molecule has 0 spiro atoms. The number of fused-ring (bicyclic) bond motifs is 1. The molecule has 2 aliphatic rings. The highest BCUT2D eigenvalue weighted by molar-refractivity contribution is 5.45. The van der Waals surface area contributed by atoms with Crippen LogP contribution >= 0.6 is 0 Å². The zero-order valence-corrected chi connectivity index (χ0v) is 9.74. The Morgan fingerprint density at radius 1 is 1.00 bits per heavy atom. The molecular formula is C14H18O2. The zero-order valence-electron chi connectivity index (χ0n) is 9.74. The monoisotopic (exact) mass is 218 g/mol. The Morgan fingerprint density at radius 3 is 2.56 bits per heavy atom. The molecule has 2 heteroatoms. The third kappa shape index (κ3) is 1.77. The maximum Gasteiger partial charge on any atom is 0.231 e. The molecular weight excluding hydrogens is 200 g/mol. The first-order valence-corrected chi connectivity index (χ1v) is 6.22. The van der Waals surface area contributed by atoms with Crippen molar-refractivity contribution in [3.05, 3.63) is 23.8 Å². The van der Waals surface area contributed by atoms with Crippen LogP contribution in [0.2, 0.25) is 0 Å². The topological polar surface area (TPSA) is 18.5 Å². The van der Waals surface area contributed by atoms with Gasteiger partial charge in [-0.1, -0.05) is 25.8 Å². The lowest BCUT2D eigenvalue weighted by Gasteiger charge is -2.26. The van der Waals surface area contributed by atoms with E-state index in [0.717, 1.165) is 23.3 Å². The van der Waals surface area contributed by atoms with E-state index in [-0.39, 0.29) is 0 Å². The van der Waals surface area contributed by atoms with Gasteiger partial charge in [-0.2, -0.15) is 0 Å². The van der Waals surface area contributed by atoms with Crippen LogP contribution in [0.15, 0.2) is 18.2 Å². The summed E-state index contributed by atoms with van der Waals surface area (Å²) in [6.07, 6.45) is 5.36. The Balaban J connectivity index is 1.79. The molecule has 1 aliphatic heterocycles. The van der Waals surface area contributed by atoms with Gasteiger partial charge in [0.05, 0.1) is 0 Å². The molecule has 2 nitrogen and oxygen atoms in total. The Bertz CT molecular complexity index is 378. The lowest BCUT2D eigenvalue weighted by Crippen LogP contribution is -2.10. The third-order valence-corrected chi connectivity index (χ3v) is 3.88. The van der Waals surface area contributed by atoms with Crippen LogP contribution in [0.5, 0.6) is 11.5 Å². The van der Waals surface area contributed by atoms with Crippen LogP contribution in [0.3, 0.4) is 0 Å². The number of hydrogen-bond acceptors (Lipinski definition) is 2. The fourth-order valence-electron chi connectivity index (χ4n) is 2.76. The van der Waals surface area contributed by atoms with Crippen molar-refractivity contribution in [2.75, 3.05) is 6.79 Å². The van der Waals surface area contributed by atoms with Crippen LogP contribution in [0.25, 0.3) is 0 Å². The molecule has 0 radical (unpaired) electrons. The first-order chi connectivity index (χ1) is 7.83. The molecule has 0 atom stereocenters. The highest BCUT2D eigenvalue weighted by atomic mass is 16.7. The smallest absolute Gasteiger partial charge is 0.231 e. The second-order valence-electron chi connectivity index (χ2n) is 5.07. The van der Waals surface area contributed by atoms with E-state index < -0.39 is 0 Å². The summed E-state index contributed by atoms with van der Waals surface area (Å²) in [5.74, 6) is 3.46. The van der Waals surface area contributed by atoms with Gasteiger partial charge in [0.2, 0.25) is 6.79 Å². The standard InChI is InChI=1S/C14H18O2/c1-10-2-4-11(5-3-10)12-6-7-13-14(8-12)16-9-15-13/h6-8,10-11H,2-5,9H2,1H3. The van der Waals surface area contributed by atoms with Crippen molar-refractivity contribution >= 4 is 0 Å².